The summed E-state index contributed by atoms with van der Waals surface area (Å²) in [4.78, 5) is 14.3. The van der Waals surface area contributed by atoms with Crippen molar-refractivity contribution in [1.82, 2.24) is 20.4 Å². The van der Waals surface area contributed by atoms with Crippen LogP contribution in [0.1, 0.15) is 31.9 Å². The predicted molar refractivity (Wildman–Crippen MR) is 157 cm³/mol. The molecule has 1 fully saturated rings. The zero-order valence-corrected chi connectivity index (χ0v) is 24.4. The first-order chi connectivity index (χ1) is 19.7. The highest BCUT2D eigenvalue weighted by atomic mass is 32.1. The highest BCUT2D eigenvalue weighted by Crippen LogP contribution is 2.40. The number of thiophene rings is 1. The third kappa shape index (κ3) is 5.64. The Morgan fingerprint density at radius 2 is 1.85 bits per heavy atom. The van der Waals surface area contributed by atoms with Crippen molar-refractivity contribution >= 4 is 27.5 Å². The van der Waals surface area contributed by atoms with Crippen LogP contribution in [-0.2, 0) is 22.4 Å². The number of carbonyl (C=O) groups excluding carboxylic acids is 1. The number of halogens is 1. The topological polar surface area (TPSA) is 85.8 Å². The van der Waals surface area contributed by atoms with Crippen molar-refractivity contribution in [2.24, 2.45) is 0 Å². The van der Waals surface area contributed by atoms with Crippen LogP contribution in [0.3, 0.4) is 0 Å². The first kappa shape index (κ1) is 27.6. The number of amides is 1. The van der Waals surface area contributed by atoms with Crippen LogP contribution in [0.4, 0.5) is 9.18 Å². The summed E-state index contributed by atoms with van der Waals surface area (Å²) < 4.78 is 33.1. The van der Waals surface area contributed by atoms with Crippen molar-refractivity contribution in [1.29, 1.82) is 0 Å². The molecule has 0 saturated carbocycles. The monoisotopic (exact) mass is 576 g/mol. The van der Waals surface area contributed by atoms with Crippen LogP contribution in [0.2, 0.25) is 0 Å². The second-order valence-electron chi connectivity index (χ2n) is 11.4. The van der Waals surface area contributed by atoms with E-state index in [2.05, 4.69) is 39.8 Å². The van der Waals surface area contributed by atoms with E-state index >= 15 is 0 Å². The number of ether oxygens (including phenoxy) is 3. The van der Waals surface area contributed by atoms with Crippen LogP contribution >= 0.6 is 11.3 Å². The van der Waals surface area contributed by atoms with Gasteiger partial charge in [-0.15, -0.1) is 21.5 Å². The lowest BCUT2D eigenvalue weighted by Gasteiger charge is -2.24. The molecule has 1 saturated heterocycles. The van der Waals surface area contributed by atoms with Crippen LogP contribution in [0, 0.1) is 5.82 Å². The number of aromatic nitrogens is 2. The van der Waals surface area contributed by atoms with Crippen LogP contribution in [0.15, 0.2) is 47.8 Å². The largest absolute Gasteiger partial charge is 0.485 e. The smallest absolute Gasteiger partial charge is 0.410 e. The number of likely N-dealkylation sites (tertiary alicyclic amines) is 1. The molecule has 2 unspecified atom stereocenters. The maximum absolute atomic E-state index is 14.6. The lowest BCUT2D eigenvalue weighted by atomic mass is 9.96. The fraction of sp³-hybridized carbons (Fsp3) is 0.387. The Morgan fingerprint density at radius 1 is 1.05 bits per heavy atom. The van der Waals surface area contributed by atoms with Crippen molar-refractivity contribution in [3.05, 3.63) is 64.8 Å². The maximum Gasteiger partial charge on any atom is 0.410 e. The van der Waals surface area contributed by atoms with Gasteiger partial charge in [0.25, 0.3) is 0 Å². The Hall–Kier alpha value is -3.60. The summed E-state index contributed by atoms with van der Waals surface area (Å²) in [6, 6.07) is 12.9. The lowest BCUT2D eigenvalue weighted by molar-refractivity contribution is 0.0241. The molecule has 2 aromatic carbocycles. The van der Waals surface area contributed by atoms with Gasteiger partial charge < -0.3 is 24.4 Å². The number of hydrogen-bond donors (Lipinski definition) is 1. The summed E-state index contributed by atoms with van der Waals surface area (Å²) in [7, 11) is 1.57. The minimum absolute atomic E-state index is 0.246. The van der Waals surface area contributed by atoms with Gasteiger partial charge in [0.15, 0.2) is 0 Å². The molecule has 41 heavy (non-hydrogen) atoms. The standard InChI is InChI=1S/C31H33FN4O4S/c1-31(2,3)40-30(37)36-16-25(38-4)26(17-36)39-24-14-21(32)7-8-22(24)28-29-23(10-12-41-29)27(34-35-28)19-5-6-20-15-33-11-9-18(20)13-19/h5-8,10,12-14,25-26,33H,9,11,15-17H2,1-4H3. The SMILES string of the molecule is COC1CN(C(=O)OC(C)(C)C)CC1Oc1cc(F)ccc1-c1nnc(-c2ccc3c(c2)CCNC3)c2ccsc12. The molecule has 4 heterocycles. The summed E-state index contributed by atoms with van der Waals surface area (Å²) in [5.41, 5.74) is 5.10. The molecule has 0 radical (unpaired) electrons. The van der Waals surface area contributed by atoms with Crippen molar-refractivity contribution in [3.8, 4) is 28.3 Å². The molecule has 2 aromatic heterocycles. The number of carbonyl (C=O) groups is 1. The molecule has 4 aromatic rings. The second kappa shape index (κ2) is 11.0. The minimum atomic E-state index is -0.623. The summed E-state index contributed by atoms with van der Waals surface area (Å²) in [5, 5.41) is 15.7. The summed E-state index contributed by atoms with van der Waals surface area (Å²) in [6.45, 7) is 7.86. The average Bonchev–Trinajstić information content (AvgIpc) is 3.59. The van der Waals surface area contributed by atoms with E-state index in [0.717, 1.165) is 40.9 Å². The zero-order valence-electron chi connectivity index (χ0n) is 23.6. The van der Waals surface area contributed by atoms with Gasteiger partial charge in [-0.05, 0) is 74.5 Å². The van der Waals surface area contributed by atoms with Crippen LogP contribution in [-0.4, -0.2) is 65.7 Å². The van der Waals surface area contributed by atoms with E-state index in [4.69, 9.17) is 14.2 Å². The van der Waals surface area contributed by atoms with Crippen LogP contribution in [0.25, 0.3) is 32.6 Å². The van der Waals surface area contributed by atoms with Gasteiger partial charge in [-0.2, -0.15) is 0 Å². The molecule has 0 spiro atoms. The van der Waals surface area contributed by atoms with E-state index in [1.807, 2.05) is 26.2 Å². The van der Waals surface area contributed by atoms with E-state index in [0.29, 0.717) is 23.6 Å². The van der Waals surface area contributed by atoms with Crippen molar-refractivity contribution in [2.75, 3.05) is 26.7 Å². The molecule has 1 amide bonds. The minimum Gasteiger partial charge on any atom is -0.485 e. The van der Waals surface area contributed by atoms with Gasteiger partial charge in [0.2, 0.25) is 0 Å². The molecule has 214 valence electrons. The Kier molecular flexibility index (Phi) is 7.39. The van der Waals surface area contributed by atoms with Gasteiger partial charge in [0.05, 0.1) is 17.8 Å². The second-order valence-corrected chi connectivity index (χ2v) is 12.3. The highest BCUT2D eigenvalue weighted by Gasteiger charge is 2.39. The van der Waals surface area contributed by atoms with Gasteiger partial charge >= 0.3 is 6.09 Å². The molecule has 1 N–H and O–H groups in total. The molecule has 0 bridgehead atoms. The number of hydrogen-bond acceptors (Lipinski definition) is 8. The van der Waals surface area contributed by atoms with Crippen molar-refractivity contribution in [2.45, 2.75) is 51.5 Å². The molecular formula is C31H33FN4O4S. The maximum atomic E-state index is 14.6. The number of nitrogens with zero attached hydrogens (tertiary/aromatic N) is 3. The summed E-state index contributed by atoms with van der Waals surface area (Å²) in [6.07, 6.45) is -0.394. The average molecular weight is 577 g/mol. The summed E-state index contributed by atoms with van der Waals surface area (Å²) in [5.74, 6) is -0.114. The lowest BCUT2D eigenvalue weighted by Crippen LogP contribution is -2.36. The Morgan fingerprint density at radius 3 is 2.66 bits per heavy atom. The molecule has 0 aliphatic carbocycles. The van der Waals surface area contributed by atoms with E-state index < -0.39 is 29.7 Å². The normalized spacial score (nSPS) is 18.9. The number of rotatable bonds is 5. The highest BCUT2D eigenvalue weighted by molar-refractivity contribution is 7.17. The first-order valence-electron chi connectivity index (χ1n) is 13.7. The fourth-order valence-electron chi connectivity index (χ4n) is 5.40. The van der Waals surface area contributed by atoms with E-state index in [1.165, 1.54) is 23.3 Å². The summed E-state index contributed by atoms with van der Waals surface area (Å²) >= 11 is 1.56. The molecule has 6 rings (SSSR count). The van der Waals surface area contributed by atoms with Gasteiger partial charge in [-0.1, -0.05) is 12.1 Å². The molecule has 2 aliphatic rings. The van der Waals surface area contributed by atoms with E-state index in [1.54, 1.807) is 29.4 Å². The molecule has 2 atom stereocenters. The molecular weight excluding hydrogens is 543 g/mol. The first-order valence-corrected chi connectivity index (χ1v) is 14.6. The van der Waals surface area contributed by atoms with Gasteiger partial charge in [0.1, 0.15) is 40.8 Å². The third-order valence-corrected chi connectivity index (χ3v) is 8.32. The number of benzene rings is 2. The Balaban J connectivity index is 1.33. The number of nitrogens with one attached hydrogen (secondary N) is 1. The van der Waals surface area contributed by atoms with Crippen LogP contribution in [0.5, 0.6) is 5.75 Å². The fourth-order valence-corrected chi connectivity index (χ4v) is 6.30. The quantitative estimate of drug-likeness (QED) is 0.320. The molecule has 10 heteroatoms. The van der Waals surface area contributed by atoms with Gasteiger partial charge in [0, 0.05) is 36.2 Å². The van der Waals surface area contributed by atoms with Crippen molar-refractivity contribution in [3.63, 3.8) is 0 Å². The Bertz CT molecular complexity index is 1600. The van der Waals surface area contributed by atoms with Gasteiger partial charge in [-0.25, -0.2) is 9.18 Å². The zero-order chi connectivity index (χ0) is 28.7. The number of methoxy groups -OCH3 is 1. The third-order valence-electron chi connectivity index (χ3n) is 7.40. The van der Waals surface area contributed by atoms with Crippen molar-refractivity contribution < 1.29 is 23.4 Å². The number of fused-ring (bicyclic) bond motifs is 2. The van der Waals surface area contributed by atoms with Gasteiger partial charge in [-0.3, -0.25) is 0 Å². The van der Waals surface area contributed by atoms with E-state index in [9.17, 15) is 9.18 Å². The Labute approximate surface area is 242 Å². The molecule has 2 aliphatic heterocycles. The predicted octanol–water partition coefficient (Wildman–Crippen LogP) is 5.82. The molecule has 8 nitrogen and oxygen atoms in total. The van der Waals surface area contributed by atoms with E-state index in [-0.39, 0.29) is 6.54 Å². The van der Waals surface area contributed by atoms with Crippen LogP contribution < -0.4 is 10.1 Å².